The van der Waals surface area contributed by atoms with Crippen LogP contribution < -0.4 is 5.32 Å². The second-order valence-corrected chi connectivity index (χ2v) is 7.94. The summed E-state index contributed by atoms with van der Waals surface area (Å²) in [6.45, 7) is 3.13. The zero-order chi connectivity index (χ0) is 20.8. The maximum atomic E-state index is 14.1. The van der Waals surface area contributed by atoms with Crippen molar-refractivity contribution in [2.75, 3.05) is 11.9 Å². The molecule has 0 unspecified atom stereocenters. The lowest BCUT2D eigenvalue weighted by atomic mass is 10.1. The predicted octanol–water partition coefficient (Wildman–Crippen LogP) is 4.52. The molecule has 1 aromatic heterocycles. The Balaban J connectivity index is 1.61. The van der Waals surface area contributed by atoms with Gasteiger partial charge < -0.3 is 10.1 Å². The normalized spacial score (nSPS) is 20.7. The number of alkyl halides is 3. The average molecular weight is 411 g/mol. The smallest absolute Gasteiger partial charge is 0.376 e. The summed E-state index contributed by atoms with van der Waals surface area (Å²) in [6, 6.07) is 3.50. The molecule has 1 saturated carbocycles. The topological polar surface area (TPSA) is 56.2 Å². The number of amides is 1. The quantitative estimate of drug-likeness (QED) is 0.736. The van der Waals surface area contributed by atoms with Crippen molar-refractivity contribution in [3.8, 4) is 0 Å². The maximum Gasteiger partial charge on any atom is 0.416 e. The number of hydrogen-bond acceptors (Lipinski definition) is 3. The van der Waals surface area contributed by atoms with Crippen LogP contribution in [0.3, 0.4) is 0 Å². The summed E-state index contributed by atoms with van der Waals surface area (Å²) in [5.74, 6) is -1.64. The lowest BCUT2D eigenvalue weighted by Crippen LogP contribution is -2.22. The van der Waals surface area contributed by atoms with E-state index < -0.39 is 29.0 Å². The van der Waals surface area contributed by atoms with E-state index in [1.165, 1.54) is 0 Å². The van der Waals surface area contributed by atoms with E-state index in [4.69, 9.17) is 4.74 Å². The highest BCUT2D eigenvalue weighted by Crippen LogP contribution is 2.47. The minimum atomic E-state index is -4.67. The summed E-state index contributed by atoms with van der Waals surface area (Å²) >= 11 is 0. The van der Waals surface area contributed by atoms with Crippen LogP contribution in [0.15, 0.2) is 24.3 Å². The first kappa shape index (κ1) is 19.9. The van der Waals surface area contributed by atoms with Crippen molar-refractivity contribution >= 4 is 11.7 Å². The second kappa shape index (κ2) is 7.12. The number of nitrogens with zero attached hydrogens (tertiary/aromatic N) is 2. The molecule has 5 nitrogen and oxygen atoms in total. The van der Waals surface area contributed by atoms with Crippen molar-refractivity contribution in [3.63, 3.8) is 0 Å². The number of nitrogens with one attached hydrogen (secondary N) is 1. The Morgan fingerprint density at radius 3 is 2.72 bits per heavy atom. The third-order valence-corrected chi connectivity index (χ3v) is 5.58. The summed E-state index contributed by atoms with van der Waals surface area (Å²) in [5, 5.41) is 7.12. The van der Waals surface area contributed by atoms with Gasteiger partial charge in [0.25, 0.3) is 5.91 Å². The molecule has 1 N–H and O–H groups in total. The number of rotatable bonds is 5. The van der Waals surface area contributed by atoms with E-state index in [-0.39, 0.29) is 11.5 Å². The van der Waals surface area contributed by atoms with Gasteiger partial charge in [0.1, 0.15) is 11.6 Å². The van der Waals surface area contributed by atoms with Gasteiger partial charge in [-0.15, -0.1) is 0 Å². The molecule has 1 amide bonds. The van der Waals surface area contributed by atoms with Gasteiger partial charge in [0.2, 0.25) is 0 Å². The maximum absolute atomic E-state index is 14.1. The van der Waals surface area contributed by atoms with Crippen molar-refractivity contribution in [2.45, 2.75) is 56.8 Å². The van der Waals surface area contributed by atoms with Gasteiger partial charge in [0, 0.05) is 18.1 Å². The van der Waals surface area contributed by atoms with Gasteiger partial charge in [-0.05, 0) is 43.9 Å². The number of anilines is 1. The predicted molar refractivity (Wildman–Crippen MR) is 97.1 cm³/mol. The third-order valence-electron chi connectivity index (χ3n) is 5.58. The molecule has 1 saturated heterocycles. The first-order valence-electron chi connectivity index (χ1n) is 9.54. The lowest BCUT2D eigenvalue weighted by Gasteiger charge is -2.14. The van der Waals surface area contributed by atoms with Gasteiger partial charge in [-0.3, -0.25) is 4.79 Å². The summed E-state index contributed by atoms with van der Waals surface area (Å²) in [4.78, 5) is 12.6. The molecule has 1 aliphatic heterocycles. The van der Waals surface area contributed by atoms with E-state index in [1.54, 1.807) is 10.7 Å². The number of halogens is 4. The van der Waals surface area contributed by atoms with Crippen molar-refractivity contribution in [3.05, 3.63) is 46.9 Å². The summed E-state index contributed by atoms with van der Waals surface area (Å²) in [7, 11) is 0. The number of ether oxygens (including phenoxy) is 1. The molecule has 2 aliphatic rings. The van der Waals surface area contributed by atoms with Gasteiger partial charge in [-0.1, -0.05) is 6.92 Å². The number of carbonyl (C=O) groups excluding carboxylic acids is 1. The number of carbonyl (C=O) groups is 1. The fraction of sp³-hybridized carbons (Fsp3) is 0.500. The highest BCUT2D eigenvalue weighted by Gasteiger charge is 2.42. The molecular formula is C20H21F4N3O2. The Hall–Kier alpha value is -2.42. The van der Waals surface area contributed by atoms with E-state index in [2.05, 4.69) is 17.3 Å². The van der Waals surface area contributed by atoms with Crippen LogP contribution in [0, 0.1) is 5.82 Å². The van der Waals surface area contributed by atoms with Crippen molar-refractivity contribution < 1.29 is 27.1 Å². The molecule has 2 heterocycles. The molecular weight excluding hydrogens is 390 g/mol. The largest absolute Gasteiger partial charge is 0.416 e. The SMILES string of the molecule is CC1(c2cc(NC(=O)c3cc(C(F)(F)F)ccc3F)n(C[C@H]3CCCO3)n2)CC1. The van der Waals surface area contributed by atoms with Crippen LogP contribution in [0.1, 0.15) is 54.2 Å². The standard InChI is InChI=1S/C20H21F4N3O2/c1-19(6-7-19)16-10-17(27(26-16)11-13-3-2-8-29-13)25-18(28)14-9-12(20(22,23)24)4-5-15(14)21/h4-5,9-10,13H,2-3,6-8,11H2,1H3,(H,25,28)/t13-/m1/s1. The molecule has 2 fully saturated rings. The second-order valence-electron chi connectivity index (χ2n) is 7.94. The Kier molecular flexibility index (Phi) is 4.88. The zero-order valence-electron chi connectivity index (χ0n) is 15.9. The van der Waals surface area contributed by atoms with Gasteiger partial charge in [-0.2, -0.15) is 18.3 Å². The van der Waals surface area contributed by atoms with E-state index in [1.807, 2.05) is 0 Å². The van der Waals surface area contributed by atoms with Crippen LogP contribution in [0.5, 0.6) is 0 Å². The lowest BCUT2D eigenvalue weighted by molar-refractivity contribution is -0.137. The molecule has 9 heteroatoms. The molecule has 1 atom stereocenters. The number of hydrogen-bond donors (Lipinski definition) is 1. The van der Waals surface area contributed by atoms with Crippen molar-refractivity contribution in [1.29, 1.82) is 0 Å². The molecule has 0 spiro atoms. The Bertz CT molecular complexity index is 928. The first-order valence-corrected chi connectivity index (χ1v) is 9.54. The summed E-state index contributed by atoms with van der Waals surface area (Å²) in [6.07, 6.45) is -0.969. The third kappa shape index (κ3) is 4.14. The van der Waals surface area contributed by atoms with E-state index in [9.17, 15) is 22.4 Å². The van der Waals surface area contributed by atoms with E-state index in [0.29, 0.717) is 37.2 Å². The van der Waals surface area contributed by atoms with Gasteiger partial charge >= 0.3 is 6.18 Å². The van der Waals surface area contributed by atoms with Crippen molar-refractivity contribution in [2.24, 2.45) is 0 Å². The van der Waals surface area contributed by atoms with Crippen LogP contribution in [-0.4, -0.2) is 28.4 Å². The van der Waals surface area contributed by atoms with Crippen LogP contribution in [0.4, 0.5) is 23.4 Å². The van der Waals surface area contributed by atoms with Crippen LogP contribution in [0.25, 0.3) is 0 Å². The molecule has 0 radical (unpaired) electrons. The Labute approximate surface area is 165 Å². The average Bonchev–Trinajstić information content (AvgIpc) is 3.05. The fourth-order valence-corrected chi connectivity index (χ4v) is 3.44. The minimum absolute atomic E-state index is 0.0456. The number of aromatic nitrogens is 2. The van der Waals surface area contributed by atoms with E-state index in [0.717, 1.165) is 31.4 Å². The highest BCUT2D eigenvalue weighted by molar-refractivity contribution is 6.04. The molecule has 1 aromatic carbocycles. The van der Waals surface area contributed by atoms with Gasteiger partial charge in [0.05, 0.1) is 29.5 Å². The first-order chi connectivity index (χ1) is 13.7. The van der Waals surface area contributed by atoms with Gasteiger partial charge in [-0.25, -0.2) is 9.07 Å². The Morgan fingerprint density at radius 2 is 2.10 bits per heavy atom. The molecule has 1 aliphatic carbocycles. The summed E-state index contributed by atoms with van der Waals surface area (Å²) in [5.41, 5.74) is -1.01. The molecule has 156 valence electrons. The minimum Gasteiger partial charge on any atom is -0.376 e. The summed E-state index contributed by atoms with van der Waals surface area (Å²) < 4.78 is 60.1. The number of benzene rings is 1. The zero-order valence-corrected chi connectivity index (χ0v) is 15.9. The molecule has 0 bridgehead atoms. The van der Waals surface area contributed by atoms with E-state index >= 15 is 0 Å². The Morgan fingerprint density at radius 1 is 1.34 bits per heavy atom. The molecule has 29 heavy (non-hydrogen) atoms. The molecule has 2 aromatic rings. The van der Waals surface area contributed by atoms with Crippen LogP contribution >= 0.6 is 0 Å². The van der Waals surface area contributed by atoms with Gasteiger partial charge in [0.15, 0.2) is 0 Å². The fourth-order valence-electron chi connectivity index (χ4n) is 3.44. The van der Waals surface area contributed by atoms with Crippen LogP contribution in [0.2, 0.25) is 0 Å². The molecule has 4 rings (SSSR count). The van der Waals surface area contributed by atoms with Crippen molar-refractivity contribution in [1.82, 2.24) is 9.78 Å². The monoisotopic (exact) mass is 411 g/mol. The van der Waals surface area contributed by atoms with Crippen LogP contribution in [-0.2, 0) is 22.9 Å². The highest BCUT2D eigenvalue weighted by atomic mass is 19.4.